The third-order valence-electron chi connectivity index (χ3n) is 7.30. The van der Waals surface area contributed by atoms with Crippen molar-refractivity contribution in [1.82, 2.24) is 0 Å². The summed E-state index contributed by atoms with van der Waals surface area (Å²) in [4.78, 5) is 34.9. The lowest BCUT2D eigenvalue weighted by atomic mass is 10.1. The fourth-order valence-corrected chi connectivity index (χ4v) is 5.20. The highest BCUT2D eigenvalue weighted by Crippen LogP contribution is 2.43. The summed E-state index contributed by atoms with van der Waals surface area (Å²) >= 11 is 0. The van der Waals surface area contributed by atoms with Crippen LogP contribution in [-0.4, -0.2) is 74.9 Å². The molecule has 0 amide bonds. The molecule has 10 heteroatoms. The van der Waals surface area contributed by atoms with E-state index in [4.69, 9.17) is 18.5 Å². The zero-order valence-corrected chi connectivity index (χ0v) is 29.8. The van der Waals surface area contributed by atoms with Crippen molar-refractivity contribution in [3.8, 4) is 0 Å². The van der Waals surface area contributed by atoms with Crippen LogP contribution in [0.3, 0.4) is 0 Å². The number of hydrogen-bond donors (Lipinski definition) is 1. The lowest BCUT2D eigenvalue weighted by Gasteiger charge is -2.24. The normalized spacial score (nSPS) is 14.0. The van der Waals surface area contributed by atoms with Crippen LogP contribution in [0.4, 0.5) is 0 Å². The standard InChI is InChI=1S/C34H66NO8P/c1-6-8-10-12-14-16-17-19-21-23-25-27-34(37)43-32(31-42-44(38,39)41-29-28-35(3,4)5)30-40-33(36)26-24-22-20-18-15-13-11-9-7-2/h12,14,32H,6-11,13,15-31H2,1-5H3/p+1/b14-12-. The molecule has 1 N–H and O–H groups in total. The van der Waals surface area contributed by atoms with Gasteiger partial charge in [-0.05, 0) is 32.1 Å². The summed E-state index contributed by atoms with van der Waals surface area (Å²) in [5.41, 5.74) is 0. The fraction of sp³-hybridized carbons (Fsp3) is 0.882. The number of quaternary nitrogens is 1. The van der Waals surface area contributed by atoms with Crippen LogP contribution in [0.15, 0.2) is 12.2 Å². The van der Waals surface area contributed by atoms with E-state index in [1.54, 1.807) is 0 Å². The Morgan fingerprint density at radius 3 is 1.75 bits per heavy atom. The first-order valence-corrected chi connectivity index (χ1v) is 18.9. The van der Waals surface area contributed by atoms with Crippen molar-refractivity contribution in [2.24, 2.45) is 0 Å². The number of phosphoric ester groups is 1. The number of hydrogen-bond acceptors (Lipinski definition) is 7. The number of carbonyl (C=O) groups excluding carboxylic acids is 2. The molecule has 9 nitrogen and oxygen atoms in total. The molecule has 260 valence electrons. The minimum absolute atomic E-state index is 0.0323. The zero-order valence-electron chi connectivity index (χ0n) is 28.9. The van der Waals surface area contributed by atoms with Gasteiger partial charge in [0.1, 0.15) is 19.8 Å². The average Bonchev–Trinajstić information content (AvgIpc) is 2.95. The summed E-state index contributed by atoms with van der Waals surface area (Å²) in [5.74, 6) is -0.813. The molecule has 0 aliphatic carbocycles. The number of ether oxygens (including phenoxy) is 2. The maximum Gasteiger partial charge on any atom is 0.472 e. The van der Waals surface area contributed by atoms with Crippen LogP contribution in [-0.2, 0) is 32.7 Å². The van der Waals surface area contributed by atoms with E-state index in [9.17, 15) is 19.0 Å². The SMILES string of the molecule is CCCC/C=C\CCCCCCCC(=O)OC(COC(=O)CCCCCCCCCCC)COP(=O)(O)OCC[N+](C)(C)C. The number of likely N-dealkylation sites (N-methyl/N-ethyl adjacent to an activating group) is 1. The maximum absolute atomic E-state index is 12.5. The quantitative estimate of drug-likeness (QED) is 0.0262. The Morgan fingerprint density at radius 1 is 0.682 bits per heavy atom. The summed E-state index contributed by atoms with van der Waals surface area (Å²) in [5, 5.41) is 0. The summed E-state index contributed by atoms with van der Waals surface area (Å²) in [7, 11) is 1.47. The van der Waals surface area contributed by atoms with Crippen molar-refractivity contribution in [3.63, 3.8) is 0 Å². The third-order valence-corrected chi connectivity index (χ3v) is 8.28. The van der Waals surface area contributed by atoms with E-state index >= 15 is 0 Å². The summed E-state index contributed by atoms with van der Waals surface area (Å²) < 4.78 is 34.0. The lowest BCUT2D eigenvalue weighted by molar-refractivity contribution is -0.870. The van der Waals surface area contributed by atoms with Gasteiger partial charge in [0.05, 0.1) is 27.7 Å². The van der Waals surface area contributed by atoms with E-state index in [0.717, 1.165) is 57.8 Å². The van der Waals surface area contributed by atoms with Gasteiger partial charge in [0.15, 0.2) is 6.10 Å². The Bertz CT molecular complexity index is 784. The Labute approximate surface area is 269 Å². The van der Waals surface area contributed by atoms with Gasteiger partial charge in [-0.2, -0.15) is 0 Å². The van der Waals surface area contributed by atoms with E-state index in [1.165, 1.54) is 51.4 Å². The Hall–Kier alpha value is -1.25. The fourth-order valence-electron chi connectivity index (χ4n) is 4.46. The second-order valence-electron chi connectivity index (χ2n) is 12.9. The average molecular weight is 649 g/mol. The number of nitrogens with zero attached hydrogens (tertiary/aromatic N) is 1. The van der Waals surface area contributed by atoms with Crippen LogP contribution in [0.25, 0.3) is 0 Å². The molecule has 44 heavy (non-hydrogen) atoms. The maximum atomic E-state index is 12.5. The molecule has 0 aromatic heterocycles. The van der Waals surface area contributed by atoms with E-state index in [0.29, 0.717) is 23.9 Å². The second kappa shape index (κ2) is 28.0. The van der Waals surface area contributed by atoms with Crippen molar-refractivity contribution in [2.45, 2.75) is 148 Å². The van der Waals surface area contributed by atoms with Crippen LogP contribution in [0, 0.1) is 0 Å². The van der Waals surface area contributed by atoms with Crippen LogP contribution in [0.2, 0.25) is 0 Å². The topological polar surface area (TPSA) is 108 Å². The molecule has 0 saturated heterocycles. The van der Waals surface area contributed by atoms with Gasteiger partial charge in [-0.1, -0.05) is 109 Å². The number of esters is 2. The number of unbranched alkanes of at least 4 members (excludes halogenated alkanes) is 15. The number of rotatable bonds is 31. The molecule has 0 fully saturated rings. The molecule has 0 heterocycles. The largest absolute Gasteiger partial charge is 0.472 e. The van der Waals surface area contributed by atoms with Crippen LogP contribution < -0.4 is 0 Å². The molecule has 2 atom stereocenters. The number of phosphoric acid groups is 1. The van der Waals surface area contributed by atoms with Crippen LogP contribution >= 0.6 is 7.82 Å². The van der Waals surface area contributed by atoms with Gasteiger partial charge in [0.2, 0.25) is 0 Å². The molecular formula is C34H67NO8P+. The predicted octanol–water partition coefficient (Wildman–Crippen LogP) is 8.68. The van der Waals surface area contributed by atoms with Gasteiger partial charge in [0.25, 0.3) is 0 Å². The minimum atomic E-state index is -4.36. The molecule has 0 aromatic carbocycles. The Morgan fingerprint density at radius 2 is 1.18 bits per heavy atom. The van der Waals surface area contributed by atoms with Gasteiger partial charge < -0.3 is 18.9 Å². The molecule has 0 saturated carbocycles. The third kappa shape index (κ3) is 30.8. The zero-order chi connectivity index (χ0) is 32.9. The van der Waals surface area contributed by atoms with E-state index in [1.807, 2.05) is 21.1 Å². The summed E-state index contributed by atoms with van der Waals surface area (Å²) in [6, 6.07) is 0. The van der Waals surface area contributed by atoms with Gasteiger partial charge in [0, 0.05) is 12.8 Å². The number of allylic oxidation sites excluding steroid dienone is 2. The lowest BCUT2D eigenvalue weighted by Crippen LogP contribution is -2.37. The first kappa shape index (κ1) is 42.8. The summed E-state index contributed by atoms with van der Waals surface area (Å²) in [6.07, 6.45) is 24.1. The first-order chi connectivity index (χ1) is 21.0. The highest BCUT2D eigenvalue weighted by Gasteiger charge is 2.27. The Balaban J connectivity index is 4.51. The van der Waals surface area contributed by atoms with Crippen molar-refractivity contribution >= 4 is 19.8 Å². The molecule has 0 aromatic rings. The molecule has 0 aliphatic heterocycles. The van der Waals surface area contributed by atoms with Crippen LogP contribution in [0.1, 0.15) is 142 Å². The summed E-state index contributed by atoms with van der Waals surface area (Å²) in [6.45, 7) is 4.32. The Kier molecular flexibility index (Phi) is 27.2. The molecular weight excluding hydrogens is 581 g/mol. The van der Waals surface area contributed by atoms with Gasteiger partial charge in [-0.25, -0.2) is 4.57 Å². The van der Waals surface area contributed by atoms with Crippen LogP contribution in [0.5, 0.6) is 0 Å². The van der Waals surface area contributed by atoms with E-state index in [-0.39, 0.29) is 25.6 Å². The molecule has 0 spiro atoms. The smallest absolute Gasteiger partial charge is 0.462 e. The predicted molar refractivity (Wildman–Crippen MR) is 178 cm³/mol. The molecule has 2 unspecified atom stereocenters. The van der Waals surface area contributed by atoms with Gasteiger partial charge >= 0.3 is 19.8 Å². The molecule has 0 radical (unpaired) electrons. The monoisotopic (exact) mass is 648 g/mol. The van der Waals surface area contributed by atoms with E-state index < -0.39 is 26.5 Å². The molecule has 0 aliphatic rings. The van der Waals surface area contributed by atoms with Crippen molar-refractivity contribution < 1.29 is 42.1 Å². The molecule has 0 rings (SSSR count). The van der Waals surface area contributed by atoms with Gasteiger partial charge in [-0.15, -0.1) is 0 Å². The highest BCUT2D eigenvalue weighted by atomic mass is 31.2. The molecule has 0 bridgehead atoms. The van der Waals surface area contributed by atoms with E-state index in [2.05, 4.69) is 26.0 Å². The van der Waals surface area contributed by atoms with Crippen molar-refractivity contribution in [3.05, 3.63) is 12.2 Å². The second-order valence-corrected chi connectivity index (χ2v) is 14.4. The minimum Gasteiger partial charge on any atom is -0.462 e. The first-order valence-electron chi connectivity index (χ1n) is 17.4. The number of carbonyl (C=O) groups is 2. The van der Waals surface area contributed by atoms with Gasteiger partial charge in [-0.3, -0.25) is 18.6 Å². The van der Waals surface area contributed by atoms with Crippen molar-refractivity contribution in [1.29, 1.82) is 0 Å². The van der Waals surface area contributed by atoms with Crippen molar-refractivity contribution in [2.75, 3.05) is 47.5 Å². The highest BCUT2D eigenvalue weighted by molar-refractivity contribution is 7.47.